The van der Waals surface area contributed by atoms with Crippen molar-refractivity contribution < 1.29 is 19.1 Å². The Bertz CT molecular complexity index is 1280. The van der Waals surface area contributed by atoms with Crippen LogP contribution in [0.25, 0.3) is 5.52 Å². The van der Waals surface area contributed by atoms with Crippen molar-refractivity contribution >= 4 is 28.6 Å². The number of pyridine rings is 1. The lowest BCUT2D eigenvalue weighted by Crippen LogP contribution is -2.14. The minimum absolute atomic E-state index is 0.111. The number of methoxy groups -OCH3 is 2. The highest BCUT2D eigenvalue weighted by atomic mass is 16.5. The molecule has 0 spiro atoms. The van der Waals surface area contributed by atoms with E-state index in [2.05, 4.69) is 5.32 Å². The number of carbonyl (C=O) groups excluding carboxylic acids is 2. The third kappa shape index (κ3) is 3.57. The van der Waals surface area contributed by atoms with Crippen LogP contribution >= 0.6 is 0 Å². The Morgan fingerprint density at radius 2 is 1.61 bits per heavy atom. The van der Waals surface area contributed by atoms with Crippen molar-refractivity contribution in [3.63, 3.8) is 0 Å². The Labute approximate surface area is 179 Å². The van der Waals surface area contributed by atoms with E-state index in [9.17, 15) is 9.59 Å². The maximum absolute atomic E-state index is 13.3. The highest BCUT2D eigenvalue weighted by molar-refractivity contribution is 6.20. The van der Waals surface area contributed by atoms with Gasteiger partial charge in [0, 0.05) is 11.8 Å². The fraction of sp³-hybridized carbons (Fsp3) is 0.0833. The third-order valence-corrected chi connectivity index (χ3v) is 5.03. The van der Waals surface area contributed by atoms with Crippen LogP contribution in [-0.2, 0) is 0 Å². The maximum atomic E-state index is 13.3. The predicted molar refractivity (Wildman–Crippen MR) is 119 cm³/mol. The van der Waals surface area contributed by atoms with E-state index in [0.29, 0.717) is 28.3 Å². The number of anilines is 2. The second-order valence-corrected chi connectivity index (χ2v) is 6.81. The minimum Gasteiger partial charge on any atom is -0.497 e. The van der Waals surface area contributed by atoms with Crippen molar-refractivity contribution in [3.05, 3.63) is 89.7 Å². The van der Waals surface area contributed by atoms with Gasteiger partial charge in [0.15, 0.2) is 0 Å². The molecular formula is C24H21N3O4. The van der Waals surface area contributed by atoms with Crippen molar-refractivity contribution in [1.29, 1.82) is 0 Å². The fourth-order valence-electron chi connectivity index (χ4n) is 3.51. The van der Waals surface area contributed by atoms with Gasteiger partial charge in [-0.1, -0.05) is 18.2 Å². The van der Waals surface area contributed by atoms with Gasteiger partial charge in [-0.3, -0.25) is 9.59 Å². The summed E-state index contributed by atoms with van der Waals surface area (Å²) in [4.78, 5) is 26.5. The monoisotopic (exact) mass is 415 g/mol. The van der Waals surface area contributed by atoms with Crippen molar-refractivity contribution in [2.75, 3.05) is 25.3 Å². The zero-order chi connectivity index (χ0) is 22.0. The van der Waals surface area contributed by atoms with Gasteiger partial charge < -0.3 is 24.9 Å². The lowest BCUT2D eigenvalue weighted by atomic mass is 10.1. The van der Waals surface area contributed by atoms with Crippen LogP contribution in [0.1, 0.15) is 26.4 Å². The van der Waals surface area contributed by atoms with Crippen molar-refractivity contribution in [1.82, 2.24) is 4.40 Å². The molecule has 0 atom stereocenters. The van der Waals surface area contributed by atoms with Crippen LogP contribution in [0.3, 0.4) is 0 Å². The van der Waals surface area contributed by atoms with Crippen LogP contribution in [0.5, 0.6) is 11.5 Å². The van der Waals surface area contributed by atoms with Crippen LogP contribution in [0.4, 0.5) is 11.4 Å². The first-order chi connectivity index (χ1) is 15.0. The number of benzene rings is 2. The molecule has 2 aromatic heterocycles. The summed E-state index contributed by atoms with van der Waals surface area (Å²) in [7, 11) is 3.08. The smallest absolute Gasteiger partial charge is 0.260 e. The number of amides is 1. The Hall–Kier alpha value is -4.26. The highest BCUT2D eigenvalue weighted by Crippen LogP contribution is 2.31. The van der Waals surface area contributed by atoms with Gasteiger partial charge in [-0.2, -0.15) is 0 Å². The molecule has 0 bridgehead atoms. The average Bonchev–Trinajstić information content (AvgIpc) is 3.10. The van der Waals surface area contributed by atoms with Crippen LogP contribution in [-0.4, -0.2) is 30.3 Å². The number of aromatic nitrogens is 1. The molecule has 7 heteroatoms. The zero-order valence-corrected chi connectivity index (χ0v) is 17.1. The Kier molecular flexibility index (Phi) is 5.32. The number of nitrogens with two attached hydrogens (primary N) is 1. The average molecular weight is 415 g/mol. The zero-order valence-electron chi connectivity index (χ0n) is 17.1. The summed E-state index contributed by atoms with van der Waals surface area (Å²) in [5.41, 5.74) is 8.42. The van der Waals surface area contributed by atoms with Crippen LogP contribution < -0.4 is 20.5 Å². The number of ether oxygens (including phenoxy) is 2. The van der Waals surface area contributed by atoms with Crippen LogP contribution in [0, 0.1) is 0 Å². The molecule has 7 nitrogen and oxygen atoms in total. The van der Waals surface area contributed by atoms with Crippen LogP contribution in [0.15, 0.2) is 72.9 Å². The van der Waals surface area contributed by atoms with E-state index >= 15 is 0 Å². The first-order valence-corrected chi connectivity index (χ1v) is 9.56. The maximum Gasteiger partial charge on any atom is 0.260 e. The minimum atomic E-state index is -0.431. The summed E-state index contributed by atoms with van der Waals surface area (Å²) >= 11 is 0. The van der Waals surface area contributed by atoms with E-state index in [1.807, 2.05) is 6.07 Å². The van der Waals surface area contributed by atoms with Gasteiger partial charge in [0.25, 0.3) is 5.91 Å². The molecule has 4 rings (SSSR count). The van der Waals surface area contributed by atoms with Crippen molar-refractivity contribution in [2.45, 2.75) is 0 Å². The standard InChI is InChI=1S/C24H21N3O4/c1-30-16-12-10-15(11-13-16)23(28)22-21(25)20(18-8-5-6-14-27(18)22)24(29)26-17-7-3-4-9-19(17)31-2/h3-14H,25H2,1-2H3,(H,26,29). The topological polar surface area (TPSA) is 95.1 Å². The van der Waals surface area contributed by atoms with Gasteiger partial charge in [0.05, 0.1) is 36.7 Å². The van der Waals surface area contributed by atoms with Gasteiger partial charge >= 0.3 is 0 Å². The van der Waals surface area contributed by atoms with Gasteiger partial charge in [-0.15, -0.1) is 0 Å². The molecule has 0 saturated carbocycles. The summed E-state index contributed by atoms with van der Waals surface area (Å²) in [6, 6.07) is 19.1. The van der Waals surface area contributed by atoms with E-state index in [-0.39, 0.29) is 22.7 Å². The van der Waals surface area contributed by atoms with Gasteiger partial charge in [-0.25, -0.2) is 0 Å². The summed E-state index contributed by atoms with van der Waals surface area (Å²) < 4.78 is 12.1. The molecule has 4 aromatic rings. The Morgan fingerprint density at radius 3 is 2.32 bits per heavy atom. The van der Waals surface area contributed by atoms with E-state index in [4.69, 9.17) is 15.2 Å². The molecule has 156 valence electrons. The Morgan fingerprint density at radius 1 is 0.903 bits per heavy atom. The predicted octanol–water partition coefficient (Wildman–Crippen LogP) is 4.02. The van der Waals surface area contributed by atoms with E-state index < -0.39 is 5.91 Å². The quantitative estimate of drug-likeness (QED) is 0.464. The largest absolute Gasteiger partial charge is 0.497 e. The first-order valence-electron chi connectivity index (χ1n) is 9.56. The number of para-hydroxylation sites is 2. The van der Waals surface area contributed by atoms with Gasteiger partial charge in [0.1, 0.15) is 17.2 Å². The molecule has 0 saturated heterocycles. The molecule has 2 aromatic carbocycles. The van der Waals surface area contributed by atoms with Gasteiger partial charge in [-0.05, 0) is 48.5 Å². The number of hydrogen-bond acceptors (Lipinski definition) is 5. The molecule has 0 aliphatic heterocycles. The molecular weight excluding hydrogens is 394 g/mol. The van der Waals surface area contributed by atoms with E-state index in [1.165, 1.54) is 7.11 Å². The molecule has 0 aliphatic rings. The highest BCUT2D eigenvalue weighted by Gasteiger charge is 2.26. The number of nitrogen functional groups attached to an aromatic ring is 1. The second-order valence-electron chi connectivity index (χ2n) is 6.81. The molecule has 1 amide bonds. The van der Waals surface area contributed by atoms with Gasteiger partial charge in [0.2, 0.25) is 5.78 Å². The first kappa shape index (κ1) is 20.0. The van der Waals surface area contributed by atoms with Crippen molar-refractivity contribution in [3.8, 4) is 11.5 Å². The molecule has 0 aliphatic carbocycles. The summed E-state index contributed by atoms with van der Waals surface area (Å²) in [5.74, 6) is 0.436. The molecule has 0 radical (unpaired) electrons. The third-order valence-electron chi connectivity index (χ3n) is 5.03. The second kappa shape index (κ2) is 8.23. The molecule has 3 N–H and O–H groups in total. The Balaban J connectivity index is 1.79. The molecule has 2 heterocycles. The van der Waals surface area contributed by atoms with E-state index in [1.54, 1.807) is 78.4 Å². The lowest BCUT2D eigenvalue weighted by molar-refractivity contribution is 0.102. The molecule has 31 heavy (non-hydrogen) atoms. The number of hydrogen-bond donors (Lipinski definition) is 2. The molecule has 0 fully saturated rings. The number of fused-ring (bicyclic) bond motifs is 1. The molecule has 0 unspecified atom stereocenters. The number of rotatable bonds is 6. The number of ketones is 1. The SMILES string of the molecule is COc1ccc(C(=O)c2c(N)c(C(=O)Nc3ccccc3OC)c3ccccn23)cc1. The van der Waals surface area contributed by atoms with Crippen molar-refractivity contribution in [2.24, 2.45) is 0 Å². The number of nitrogens with one attached hydrogen (secondary N) is 1. The summed E-state index contributed by atoms with van der Waals surface area (Å²) in [5, 5.41) is 2.83. The number of carbonyl (C=O) groups is 2. The summed E-state index contributed by atoms with van der Waals surface area (Å²) in [6.45, 7) is 0. The van der Waals surface area contributed by atoms with Crippen LogP contribution in [0.2, 0.25) is 0 Å². The normalized spacial score (nSPS) is 10.6. The summed E-state index contributed by atoms with van der Waals surface area (Å²) in [6.07, 6.45) is 1.71. The van der Waals surface area contributed by atoms with E-state index in [0.717, 1.165) is 0 Å². The lowest BCUT2D eigenvalue weighted by Gasteiger charge is -2.10. The fourth-order valence-corrected chi connectivity index (χ4v) is 3.51. The number of nitrogens with zero attached hydrogens (tertiary/aromatic N) is 1.